The predicted molar refractivity (Wildman–Crippen MR) is 58.9 cm³/mol. The summed E-state index contributed by atoms with van der Waals surface area (Å²) in [4.78, 5) is 14.7. The van der Waals surface area contributed by atoms with Gasteiger partial charge in [-0.25, -0.2) is 0 Å². The van der Waals surface area contributed by atoms with Gasteiger partial charge in [-0.05, 0) is 37.2 Å². The average molecular weight is 225 g/mol. The van der Waals surface area contributed by atoms with Crippen molar-refractivity contribution in [1.29, 1.82) is 0 Å². The van der Waals surface area contributed by atoms with Crippen LogP contribution >= 0.6 is 11.5 Å². The van der Waals surface area contributed by atoms with E-state index < -0.39 is 0 Å². The molecule has 1 aliphatic rings. The second kappa shape index (κ2) is 4.26. The van der Waals surface area contributed by atoms with Crippen LogP contribution in [0.25, 0.3) is 0 Å². The third-order valence-corrected chi connectivity index (χ3v) is 3.73. The van der Waals surface area contributed by atoms with E-state index in [4.69, 9.17) is 0 Å². The smallest absolute Gasteiger partial charge is 0.267 e. The van der Waals surface area contributed by atoms with E-state index in [0.29, 0.717) is 4.88 Å². The maximum absolute atomic E-state index is 12.0. The Bertz CT molecular complexity index is 355. The molecule has 0 unspecified atom stereocenters. The first kappa shape index (κ1) is 10.5. The molecule has 4 nitrogen and oxygen atoms in total. The summed E-state index contributed by atoms with van der Waals surface area (Å²) in [6, 6.07) is 0. The summed E-state index contributed by atoms with van der Waals surface area (Å²) in [5.41, 5.74) is 0.753. The molecule has 0 aromatic carbocycles. The molecule has 82 valence electrons. The van der Waals surface area contributed by atoms with Crippen LogP contribution in [0.15, 0.2) is 0 Å². The Morgan fingerprint density at radius 3 is 2.67 bits per heavy atom. The molecule has 0 spiro atoms. The molecule has 1 aliphatic heterocycles. The second-order valence-electron chi connectivity index (χ2n) is 4.16. The van der Waals surface area contributed by atoms with Crippen molar-refractivity contribution in [2.75, 3.05) is 13.1 Å². The highest BCUT2D eigenvalue weighted by molar-refractivity contribution is 7.07. The molecule has 1 fully saturated rings. The molecule has 1 saturated heterocycles. The molecule has 0 N–H and O–H groups in total. The summed E-state index contributed by atoms with van der Waals surface area (Å²) in [6.07, 6.45) is 2.22. The molecule has 1 amide bonds. The Hall–Kier alpha value is -0.970. The van der Waals surface area contributed by atoms with E-state index in [-0.39, 0.29) is 5.91 Å². The molecule has 2 rings (SSSR count). The lowest BCUT2D eigenvalue weighted by Crippen LogP contribution is -2.37. The fourth-order valence-electron chi connectivity index (χ4n) is 1.78. The van der Waals surface area contributed by atoms with Gasteiger partial charge in [-0.2, -0.15) is 0 Å². The van der Waals surface area contributed by atoms with Crippen LogP contribution in [0.2, 0.25) is 0 Å². The Labute approximate surface area is 93.5 Å². The van der Waals surface area contributed by atoms with Crippen molar-refractivity contribution >= 4 is 17.4 Å². The van der Waals surface area contributed by atoms with E-state index in [1.54, 1.807) is 0 Å². The highest BCUT2D eigenvalue weighted by atomic mass is 32.1. The van der Waals surface area contributed by atoms with E-state index >= 15 is 0 Å². The van der Waals surface area contributed by atoms with Crippen LogP contribution in [0, 0.1) is 12.8 Å². The number of hydrogen-bond acceptors (Lipinski definition) is 4. The van der Waals surface area contributed by atoms with Gasteiger partial charge in [0.15, 0.2) is 0 Å². The highest BCUT2D eigenvalue weighted by Gasteiger charge is 2.24. The lowest BCUT2D eigenvalue weighted by Gasteiger charge is -2.29. The minimum absolute atomic E-state index is 0.106. The average Bonchev–Trinajstić information content (AvgIpc) is 2.65. The number of carbonyl (C=O) groups excluding carboxylic acids is 1. The zero-order valence-electron chi connectivity index (χ0n) is 9.06. The summed E-state index contributed by atoms with van der Waals surface area (Å²) >= 11 is 1.20. The van der Waals surface area contributed by atoms with E-state index in [2.05, 4.69) is 16.5 Å². The third-order valence-electron chi connectivity index (χ3n) is 2.92. The molecular weight excluding hydrogens is 210 g/mol. The van der Waals surface area contributed by atoms with Crippen LogP contribution in [0.5, 0.6) is 0 Å². The van der Waals surface area contributed by atoms with Crippen LogP contribution in [0.4, 0.5) is 0 Å². The van der Waals surface area contributed by atoms with Gasteiger partial charge in [0.1, 0.15) is 4.88 Å². The van der Waals surface area contributed by atoms with Gasteiger partial charge in [-0.15, -0.1) is 5.10 Å². The van der Waals surface area contributed by atoms with Crippen molar-refractivity contribution in [2.45, 2.75) is 26.7 Å². The first-order chi connectivity index (χ1) is 7.18. The zero-order chi connectivity index (χ0) is 10.8. The number of nitrogens with zero attached hydrogens (tertiary/aromatic N) is 3. The molecule has 1 aromatic rings. The van der Waals surface area contributed by atoms with Gasteiger partial charge in [0.2, 0.25) is 0 Å². The van der Waals surface area contributed by atoms with Crippen molar-refractivity contribution in [3.63, 3.8) is 0 Å². The van der Waals surface area contributed by atoms with Gasteiger partial charge in [0, 0.05) is 13.1 Å². The van der Waals surface area contributed by atoms with Crippen molar-refractivity contribution in [2.24, 2.45) is 5.92 Å². The Morgan fingerprint density at radius 2 is 2.13 bits per heavy atom. The number of piperidine rings is 1. The van der Waals surface area contributed by atoms with Crippen molar-refractivity contribution in [1.82, 2.24) is 14.5 Å². The second-order valence-corrected chi connectivity index (χ2v) is 4.92. The van der Waals surface area contributed by atoms with E-state index in [9.17, 15) is 4.79 Å². The Balaban J connectivity index is 2.06. The number of rotatable bonds is 1. The number of likely N-dealkylation sites (tertiary alicyclic amines) is 1. The molecule has 0 atom stereocenters. The summed E-state index contributed by atoms with van der Waals surface area (Å²) in [6.45, 7) is 5.82. The molecule has 15 heavy (non-hydrogen) atoms. The van der Waals surface area contributed by atoms with Crippen molar-refractivity contribution < 1.29 is 4.79 Å². The van der Waals surface area contributed by atoms with Gasteiger partial charge < -0.3 is 4.90 Å². The largest absolute Gasteiger partial charge is 0.338 e. The predicted octanol–water partition coefficient (Wildman–Crippen LogP) is 1.72. The van der Waals surface area contributed by atoms with Gasteiger partial charge in [0.05, 0.1) is 5.69 Å². The monoisotopic (exact) mass is 225 g/mol. The summed E-state index contributed by atoms with van der Waals surface area (Å²) in [7, 11) is 0. The maximum atomic E-state index is 12.0. The molecule has 0 saturated carbocycles. The fraction of sp³-hybridized carbons (Fsp3) is 0.700. The van der Waals surface area contributed by atoms with Crippen molar-refractivity contribution in [3.8, 4) is 0 Å². The van der Waals surface area contributed by atoms with Crippen LogP contribution in [0.3, 0.4) is 0 Å². The van der Waals surface area contributed by atoms with Crippen LogP contribution in [-0.4, -0.2) is 33.5 Å². The minimum atomic E-state index is 0.106. The number of hydrogen-bond donors (Lipinski definition) is 0. The Morgan fingerprint density at radius 1 is 1.47 bits per heavy atom. The van der Waals surface area contributed by atoms with E-state index in [1.165, 1.54) is 11.5 Å². The fourth-order valence-corrected chi connectivity index (χ4v) is 2.41. The normalized spacial score (nSPS) is 18.1. The molecule has 5 heteroatoms. The summed E-state index contributed by atoms with van der Waals surface area (Å²) in [5, 5.41) is 3.87. The summed E-state index contributed by atoms with van der Waals surface area (Å²) < 4.78 is 3.80. The number of aromatic nitrogens is 2. The first-order valence-corrected chi connectivity index (χ1v) is 6.04. The van der Waals surface area contributed by atoms with E-state index in [1.807, 2.05) is 11.8 Å². The molecule has 1 aromatic heterocycles. The van der Waals surface area contributed by atoms with E-state index in [0.717, 1.165) is 37.5 Å². The first-order valence-electron chi connectivity index (χ1n) is 5.26. The lowest BCUT2D eigenvalue weighted by atomic mass is 9.99. The SMILES string of the molecule is Cc1nnsc1C(=O)N1CCC(C)CC1. The number of aryl methyl sites for hydroxylation is 1. The van der Waals surface area contributed by atoms with Crippen LogP contribution in [-0.2, 0) is 0 Å². The molecule has 0 bridgehead atoms. The van der Waals surface area contributed by atoms with Crippen LogP contribution in [0.1, 0.15) is 35.1 Å². The standard InChI is InChI=1S/C10H15N3OS/c1-7-3-5-13(6-4-7)10(14)9-8(2)11-12-15-9/h7H,3-6H2,1-2H3. The van der Waals surface area contributed by atoms with Crippen molar-refractivity contribution in [3.05, 3.63) is 10.6 Å². The molecular formula is C10H15N3OS. The third kappa shape index (κ3) is 2.17. The van der Waals surface area contributed by atoms with Gasteiger partial charge >= 0.3 is 0 Å². The quantitative estimate of drug-likeness (QED) is 0.731. The van der Waals surface area contributed by atoms with Gasteiger partial charge in [-0.3, -0.25) is 4.79 Å². The Kier molecular flexibility index (Phi) is 3.00. The molecule has 0 aliphatic carbocycles. The zero-order valence-corrected chi connectivity index (χ0v) is 9.88. The van der Waals surface area contributed by atoms with Gasteiger partial charge in [0.25, 0.3) is 5.91 Å². The maximum Gasteiger partial charge on any atom is 0.267 e. The highest BCUT2D eigenvalue weighted by Crippen LogP contribution is 2.20. The van der Waals surface area contributed by atoms with Crippen LogP contribution < -0.4 is 0 Å². The number of amides is 1. The number of carbonyl (C=O) groups is 1. The summed E-state index contributed by atoms with van der Waals surface area (Å²) in [5.74, 6) is 0.851. The minimum Gasteiger partial charge on any atom is -0.338 e. The lowest BCUT2D eigenvalue weighted by molar-refractivity contribution is 0.0701. The van der Waals surface area contributed by atoms with Gasteiger partial charge in [-0.1, -0.05) is 11.4 Å². The molecule has 2 heterocycles. The topological polar surface area (TPSA) is 46.1 Å². The molecule has 0 radical (unpaired) electrons.